The van der Waals surface area contributed by atoms with Crippen LogP contribution in [-0.4, -0.2) is 29.2 Å². The summed E-state index contributed by atoms with van der Waals surface area (Å²) in [6.45, 7) is 6.11. The summed E-state index contributed by atoms with van der Waals surface area (Å²) >= 11 is 0. The van der Waals surface area contributed by atoms with Gasteiger partial charge in [-0.15, -0.1) is 0 Å². The summed E-state index contributed by atoms with van der Waals surface area (Å²) < 4.78 is 3.56. The molecule has 0 bridgehead atoms. The molecule has 0 unspecified atom stereocenters. The van der Waals surface area contributed by atoms with Gasteiger partial charge in [-0.1, -0.05) is 0 Å². The van der Waals surface area contributed by atoms with E-state index in [4.69, 9.17) is 0 Å². The molecule has 0 saturated heterocycles. The third-order valence-electron chi connectivity index (χ3n) is 3.31. The van der Waals surface area contributed by atoms with E-state index in [0.717, 1.165) is 11.1 Å². The Morgan fingerprint density at radius 3 is 2.14 bits per heavy atom. The first-order chi connectivity index (χ1) is 10.2. The zero-order valence-corrected chi connectivity index (χ0v) is 12.2. The summed E-state index contributed by atoms with van der Waals surface area (Å²) in [4.78, 5) is 8.01. The lowest BCUT2D eigenvalue weighted by atomic mass is 10.2. The molecule has 0 aliphatic carbocycles. The van der Waals surface area contributed by atoms with Crippen LogP contribution in [0, 0.1) is 20.8 Å². The van der Waals surface area contributed by atoms with E-state index in [-0.39, 0.29) is 0 Å². The summed E-state index contributed by atoms with van der Waals surface area (Å²) in [5, 5.41) is 8.17. The van der Waals surface area contributed by atoms with Gasteiger partial charge in [0.25, 0.3) is 0 Å². The zero-order chi connectivity index (χ0) is 14.8. The second-order valence-corrected chi connectivity index (χ2v) is 4.94. The van der Waals surface area contributed by atoms with Gasteiger partial charge in [-0.05, 0) is 43.5 Å². The summed E-state index contributed by atoms with van der Waals surface area (Å²) in [6, 6.07) is 1.97. The van der Waals surface area contributed by atoms with Gasteiger partial charge in [0.05, 0.1) is 23.4 Å². The Morgan fingerprint density at radius 2 is 1.43 bits per heavy atom. The molecule has 21 heavy (non-hydrogen) atoms. The van der Waals surface area contributed by atoms with Crippen molar-refractivity contribution in [3.63, 3.8) is 0 Å². The molecular formula is C15H16N6. The van der Waals surface area contributed by atoms with E-state index in [2.05, 4.69) is 27.1 Å². The Kier molecular flexibility index (Phi) is 3.35. The van der Waals surface area contributed by atoms with E-state index in [9.17, 15) is 0 Å². The fourth-order valence-corrected chi connectivity index (χ4v) is 2.29. The van der Waals surface area contributed by atoms with Gasteiger partial charge in [0, 0.05) is 12.4 Å². The molecule has 0 radical (unpaired) electrons. The van der Waals surface area contributed by atoms with E-state index >= 15 is 0 Å². The first-order valence-electron chi connectivity index (χ1n) is 6.65. The lowest BCUT2D eigenvalue weighted by Crippen LogP contribution is -1.90. The molecule has 4 heterocycles. The number of aromatic nitrogens is 6. The van der Waals surface area contributed by atoms with Crippen LogP contribution in [0.15, 0.2) is 43.5 Å². The van der Waals surface area contributed by atoms with Gasteiger partial charge in [0.15, 0.2) is 0 Å². The minimum absolute atomic E-state index is 1.12. The molecule has 0 spiro atoms. The smallest absolute Gasteiger partial charge is 0.117 e. The number of hydrogen-bond donors (Lipinski definition) is 0. The van der Waals surface area contributed by atoms with E-state index in [1.54, 1.807) is 27.9 Å². The average molecular weight is 280 g/mol. The van der Waals surface area contributed by atoms with Crippen molar-refractivity contribution in [2.75, 3.05) is 0 Å². The minimum Gasteiger partial charge on any atom is -0.244 e. The van der Waals surface area contributed by atoms with Gasteiger partial charge >= 0.3 is 0 Å². The van der Waals surface area contributed by atoms with Crippen LogP contribution in [0.25, 0.3) is 11.0 Å². The van der Waals surface area contributed by atoms with Gasteiger partial charge in [-0.25, -0.2) is 19.0 Å². The number of aryl methyl sites for hydroxylation is 3. The Balaban J connectivity index is 0.000000126. The van der Waals surface area contributed by atoms with Crippen molar-refractivity contribution >= 4 is 11.0 Å². The number of rotatable bonds is 0. The van der Waals surface area contributed by atoms with Crippen LogP contribution < -0.4 is 0 Å². The maximum absolute atomic E-state index is 4.13. The molecule has 4 aromatic rings. The standard InChI is InChI=1S/C8H9N3.C7H7N3/c1-6-3-9-5-11-8(6)7(2)4-10-11;1-6-4-8-5-10-7(6)2-3-9-10/h3-5H,1-2H3;2-5H,1H3. The zero-order valence-electron chi connectivity index (χ0n) is 12.2. The molecule has 0 saturated carbocycles. The molecule has 4 rings (SSSR count). The van der Waals surface area contributed by atoms with Crippen molar-refractivity contribution in [3.8, 4) is 0 Å². The highest BCUT2D eigenvalue weighted by Crippen LogP contribution is 2.11. The highest BCUT2D eigenvalue weighted by atomic mass is 15.2. The van der Waals surface area contributed by atoms with E-state index in [1.807, 2.05) is 38.5 Å². The summed E-state index contributed by atoms with van der Waals surface area (Å²) in [5.74, 6) is 0. The van der Waals surface area contributed by atoms with Crippen molar-refractivity contribution in [2.45, 2.75) is 20.8 Å². The van der Waals surface area contributed by atoms with E-state index < -0.39 is 0 Å². The summed E-state index contributed by atoms with van der Waals surface area (Å²) in [5.41, 5.74) is 5.81. The molecule has 106 valence electrons. The van der Waals surface area contributed by atoms with E-state index in [1.165, 1.54) is 16.6 Å². The molecule has 6 nitrogen and oxygen atoms in total. The molecule has 0 fully saturated rings. The maximum atomic E-state index is 4.13. The molecule has 4 aromatic heterocycles. The van der Waals surface area contributed by atoms with Gasteiger partial charge < -0.3 is 0 Å². The van der Waals surface area contributed by atoms with E-state index in [0.29, 0.717) is 0 Å². The first kappa shape index (κ1) is 13.2. The highest BCUT2D eigenvalue weighted by Gasteiger charge is 2.00. The highest BCUT2D eigenvalue weighted by molar-refractivity contribution is 5.57. The first-order valence-corrected chi connectivity index (χ1v) is 6.65. The summed E-state index contributed by atoms with van der Waals surface area (Å²) in [6.07, 6.45) is 10.7. The third-order valence-corrected chi connectivity index (χ3v) is 3.31. The molecule has 0 aliphatic heterocycles. The van der Waals surface area contributed by atoms with Crippen LogP contribution in [0.4, 0.5) is 0 Å². The van der Waals surface area contributed by atoms with Crippen molar-refractivity contribution in [2.24, 2.45) is 0 Å². The third kappa shape index (κ3) is 2.47. The number of nitrogens with zero attached hydrogens (tertiary/aromatic N) is 6. The van der Waals surface area contributed by atoms with Crippen LogP contribution in [0.3, 0.4) is 0 Å². The molecule has 0 atom stereocenters. The predicted molar refractivity (Wildman–Crippen MR) is 80.2 cm³/mol. The Bertz CT molecular complexity index is 889. The number of hydrogen-bond acceptors (Lipinski definition) is 4. The molecule has 0 aromatic carbocycles. The Morgan fingerprint density at radius 1 is 0.762 bits per heavy atom. The van der Waals surface area contributed by atoms with Gasteiger partial charge in [0.1, 0.15) is 12.7 Å². The topological polar surface area (TPSA) is 60.4 Å². The monoisotopic (exact) mass is 280 g/mol. The van der Waals surface area contributed by atoms with Crippen LogP contribution in [-0.2, 0) is 0 Å². The Hall–Kier alpha value is -2.76. The van der Waals surface area contributed by atoms with Gasteiger partial charge in [0.2, 0.25) is 0 Å². The Labute approximate surface area is 122 Å². The van der Waals surface area contributed by atoms with Crippen molar-refractivity contribution in [3.05, 3.63) is 60.2 Å². The van der Waals surface area contributed by atoms with Crippen molar-refractivity contribution in [1.29, 1.82) is 0 Å². The quantitative estimate of drug-likeness (QED) is 0.496. The lowest BCUT2D eigenvalue weighted by molar-refractivity contribution is 0.914. The average Bonchev–Trinajstić information content (AvgIpc) is 3.08. The largest absolute Gasteiger partial charge is 0.244 e. The van der Waals surface area contributed by atoms with Gasteiger partial charge in [-0.3, -0.25) is 0 Å². The fourth-order valence-electron chi connectivity index (χ4n) is 2.29. The normalized spacial score (nSPS) is 10.6. The molecular weight excluding hydrogens is 264 g/mol. The van der Waals surface area contributed by atoms with Gasteiger partial charge in [-0.2, -0.15) is 10.2 Å². The molecule has 0 amide bonds. The predicted octanol–water partition coefficient (Wildman–Crippen LogP) is 2.38. The van der Waals surface area contributed by atoms with Crippen LogP contribution in [0.1, 0.15) is 16.7 Å². The maximum Gasteiger partial charge on any atom is 0.117 e. The summed E-state index contributed by atoms with van der Waals surface area (Å²) in [7, 11) is 0. The lowest BCUT2D eigenvalue weighted by Gasteiger charge is -1.95. The minimum atomic E-state index is 1.12. The van der Waals surface area contributed by atoms with Crippen molar-refractivity contribution in [1.82, 2.24) is 29.2 Å². The van der Waals surface area contributed by atoms with Crippen LogP contribution in [0.2, 0.25) is 0 Å². The number of fused-ring (bicyclic) bond motifs is 2. The van der Waals surface area contributed by atoms with Crippen LogP contribution in [0.5, 0.6) is 0 Å². The molecule has 6 heteroatoms. The second-order valence-electron chi connectivity index (χ2n) is 4.94. The van der Waals surface area contributed by atoms with Crippen LogP contribution >= 0.6 is 0 Å². The second kappa shape index (κ2) is 5.32. The SMILES string of the molecule is Cc1cncn2ncc(C)c12.Cc1cncn2nccc12. The molecule has 0 N–H and O–H groups in total. The fraction of sp³-hybridized carbons (Fsp3) is 0.200. The van der Waals surface area contributed by atoms with Crippen molar-refractivity contribution < 1.29 is 0 Å². The molecule has 0 aliphatic rings.